The van der Waals surface area contributed by atoms with Crippen molar-refractivity contribution >= 4 is 21.5 Å². The van der Waals surface area contributed by atoms with Crippen molar-refractivity contribution in [1.82, 2.24) is 0 Å². The van der Waals surface area contributed by atoms with Gasteiger partial charge in [0.2, 0.25) is 0 Å². The molecular weight excluding hydrogens is 348 g/mol. The van der Waals surface area contributed by atoms with Crippen molar-refractivity contribution in [2.45, 2.75) is 11.8 Å². The van der Waals surface area contributed by atoms with Gasteiger partial charge in [0.15, 0.2) is 0 Å². The largest absolute Gasteiger partial charge is 0.379 e. The first-order valence-electron chi connectivity index (χ1n) is 8.17. The second-order valence-electron chi connectivity index (χ2n) is 5.77. The zero-order valence-corrected chi connectivity index (χ0v) is 15.2. The van der Waals surface area contributed by atoms with Crippen molar-refractivity contribution in [3.63, 3.8) is 0 Å². The summed E-state index contributed by atoms with van der Waals surface area (Å²) in [7, 11) is -3.85. The third-order valence-electron chi connectivity index (χ3n) is 3.71. The number of aryl methyl sites for hydroxylation is 1. The summed E-state index contributed by atoms with van der Waals surface area (Å²) < 4.78 is 30.0. The van der Waals surface area contributed by atoms with E-state index in [2.05, 4.69) is 10.6 Å². The van der Waals surface area contributed by atoms with Crippen molar-refractivity contribution in [1.29, 1.82) is 0 Å². The van der Waals surface area contributed by atoms with Crippen LogP contribution in [0.25, 0.3) is 0 Å². The predicted molar refractivity (Wildman–Crippen MR) is 104 cm³/mol. The lowest BCUT2D eigenvalue weighted by molar-refractivity contribution is 0.486. The molecule has 0 bridgehead atoms. The monoisotopic (exact) mass is 368 g/mol. The maximum absolute atomic E-state index is 12.4. The Morgan fingerprint density at radius 3 is 2.19 bits per heavy atom. The van der Waals surface area contributed by atoms with Crippen LogP contribution in [-0.4, -0.2) is 15.1 Å². The van der Waals surface area contributed by atoms with E-state index in [9.17, 15) is 8.42 Å². The Bertz CT molecular complexity index is 956. The molecule has 0 aliphatic heterocycles. The summed E-state index contributed by atoms with van der Waals surface area (Å²) in [5.41, 5.74) is 2.74. The predicted octanol–water partition coefficient (Wildman–Crippen LogP) is 4.24. The molecule has 0 saturated heterocycles. The summed E-state index contributed by atoms with van der Waals surface area (Å²) in [5.74, 6) is 0.260. The molecule has 0 aliphatic rings. The van der Waals surface area contributed by atoms with E-state index >= 15 is 0 Å². The molecule has 0 radical (unpaired) electrons. The Balaban J connectivity index is 1.64. The number of nitrogens with one attached hydrogen (secondary N) is 2. The molecule has 0 saturated carbocycles. The van der Waals surface area contributed by atoms with Crippen LogP contribution >= 0.6 is 0 Å². The van der Waals surface area contributed by atoms with Crippen molar-refractivity contribution in [2.24, 2.45) is 0 Å². The Labute approximate surface area is 153 Å². The summed E-state index contributed by atoms with van der Waals surface area (Å²) in [6, 6.07) is 23.2. The molecule has 5 nitrogen and oxygen atoms in total. The number of hydrogen-bond donors (Lipinski definition) is 2. The molecule has 26 heavy (non-hydrogen) atoms. The van der Waals surface area contributed by atoms with E-state index in [1.807, 2.05) is 43.3 Å². The Kier molecular flexibility index (Phi) is 5.43. The highest BCUT2D eigenvalue weighted by Crippen LogP contribution is 2.22. The van der Waals surface area contributed by atoms with Crippen LogP contribution in [0, 0.1) is 6.92 Å². The maximum atomic E-state index is 12.4. The summed E-state index contributed by atoms with van der Waals surface area (Å²) in [6.07, 6.45) is 0. The lowest BCUT2D eigenvalue weighted by Crippen LogP contribution is -2.12. The number of benzene rings is 3. The summed E-state index contributed by atoms with van der Waals surface area (Å²) in [6.45, 7) is 2.40. The molecule has 0 heterocycles. The molecular formula is C20H20N2O3S. The number of para-hydroxylation sites is 1. The minimum atomic E-state index is -3.85. The maximum Gasteiger partial charge on any atom is 0.339 e. The number of anilines is 2. The first kappa shape index (κ1) is 17.8. The molecule has 0 aromatic heterocycles. The van der Waals surface area contributed by atoms with Gasteiger partial charge in [-0.25, -0.2) is 0 Å². The Hall–Kier alpha value is -2.99. The van der Waals surface area contributed by atoms with Crippen molar-refractivity contribution in [3.05, 3.63) is 84.4 Å². The quantitative estimate of drug-likeness (QED) is 0.482. The third-order valence-corrected chi connectivity index (χ3v) is 4.97. The van der Waals surface area contributed by atoms with Crippen LogP contribution in [0.3, 0.4) is 0 Å². The second kappa shape index (κ2) is 7.93. The fourth-order valence-electron chi connectivity index (χ4n) is 2.34. The van der Waals surface area contributed by atoms with Crippen LogP contribution in [0.5, 0.6) is 5.75 Å². The van der Waals surface area contributed by atoms with Gasteiger partial charge in [-0.15, -0.1) is 0 Å². The molecule has 2 N–H and O–H groups in total. The van der Waals surface area contributed by atoms with Crippen LogP contribution in [0.2, 0.25) is 0 Å². The topological polar surface area (TPSA) is 67.4 Å². The zero-order chi connectivity index (χ0) is 18.4. The van der Waals surface area contributed by atoms with Gasteiger partial charge in [0.25, 0.3) is 0 Å². The summed E-state index contributed by atoms with van der Waals surface area (Å²) >= 11 is 0. The van der Waals surface area contributed by atoms with Crippen molar-refractivity contribution in [2.75, 3.05) is 17.3 Å². The van der Waals surface area contributed by atoms with E-state index in [0.29, 0.717) is 6.67 Å². The number of rotatable bonds is 7. The van der Waals surface area contributed by atoms with Gasteiger partial charge in [-0.2, -0.15) is 8.42 Å². The van der Waals surface area contributed by atoms with Crippen LogP contribution in [0.4, 0.5) is 11.4 Å². The SMILES string of the molecule is Cc1ccc(S(=O)(=O)Oc2cccc(NCNc3ccccc3)c2)cc1. The number of hydrogen-bond acceptors (Lipinski definition) is 5. The second-order valence-corrected chi connectivity index (χ2v) is 7.32. The zero-order valence-electron chi connectivity index (χ0n) is 14.3. The van der Waals surface area contributed by atoms with E-state index in [0.717, 1.165) is 16.9 Å². The summed E-state index contributed by atoms with van der Waals surface area (Å²) in [5, 5.41) is 6.40. The lowest BCUT2D eigenvalue weighted by Gasteiger charge is -2.11. The molecule has 134 valence electrons. The standard InChI is InChI=1S/C20H20N2O3S/c1-16-10-12-20(13-11-16)26(23,24)25-19-9-5-8-18(14-19)22-15-21-17-6-3-2-4-7-17/h2-14,21-22H,15H2,1H3. The van der Waals surface area contributed by atoms with Gasteiger partial charge in [0, 0.05) is 17.4 Å². The molecule has 0 fully saturated rings. The van der Waals surface area contributed by atoms with E-state index in [1.54, 1.807) is 30.3 Å². The molecule has 0 amide bonds. The van der Waals surface area contributed by atoms with Gasteiger partial charge in [-0.3, -0.25) is 0 Å². The molecule has 3 aromatic carbocycles. The van der Waals surface area contributed by atoms with Gasteiger partial charge in [0.1, 0.15) is 10.6 Å². The minimum Gasteiger partial charge on any atom is -0.379 e. The van der Waals surface area contributed by atoms with Gasteiger partial charge in [0.05, 0.1) is 6.67 Å². The highest BCUT2D eigenvalue weighted by Gasteiger charge is 2.16. The average Bonchev–Trinajstić information content (AvgIpc) is 2.63. The van der Waals surface area contributed by atoms with Crippen LogP contribution < -0.4 is 14.8 Å². The third kappa shape index (κ3) is 4.77. The van der Waals surface area contributed by atoms with Crippen LogP contribution in [0.1, 0.15) is 5.56 Å². The normalized spacial score (nSPS) is 11.0. The lowest BCUT2D eigenvalue weighted by atomic mass is 10.2. The first-order valence-corrected chi connectivity index (χ1v) is 9.58. The Morgan fingerprint density at radius 2 is 1.46 bits per heavy atom. The molecule has 6 heteroatoms. The van der Waals surface area contributed by atoms with E-state index < -0.39 is 10.1 Å². The first-order chi connectivity index (χ1) is 12.5. The molecule has 0 unspecified atom stereocenters. The molecule has 0 aliphatic carbocycles. The van der Waals surface area contributed by atoms with Gasteiger partial charge in [-0.1, -0.05) is 42.0 Å². The highest BCUT2D eigenvalue weighted by molar-refractivity contribution is 7.87. The van der Waals surface area contributed by atoms with Gasteiger partial charge >= 0.3 is 10.1 Å². The van der Waals surface area contributed by atoms with E-state index in [4.69, 9.17) is 4.18 Å². The van der Waals surface area contributed by atoms with Crippen molar-refractivity contribution < 1.29 is 12.6 Å². The van der Waals surface area contributed by atoms with Gasteiger partial charge in [-0.05, 0) is 43.3 Å². The van der Waals surface area contributed by atoms with E-state index in [-0.39, 0.29) is 10.6 Å². The fourth-order valence-corrected chi connectivity index (χ4v) is 3.26. The fraction of sp³-hybridized carbons (Fsp3) is 0.100. The Morgan fingerprint density at radius 1 is 0.808 bits per heavy atom. The molecule has 3 aromatic rings. The smallest absolute Gasteiger partial charge is 0.339 e. The molecule has 0 spiro atoms. The van der Waals surface area contributed by atoms with Crippen LogP contribution in [-0.2, 0) is 10.1 Å². The average molecular weight is 368 g/mol. The molecule has 0 atom stereocenters. The van der Waals surface area contributed by atoms with E-state index in [1.165, 1.54) is 12.1 Å². The van der Waals surface area contributed by atoms with Crippen LogP contribution in [0.15, 0.2) is 83.8 Å². The van der Waals surface area contributed by atoms with Crippen molar-refractivity contribution in [3.8, 4) is 5.75 Å². The van der Waals surface area contributed by atoms with Gasteiger partial charge < -0.3 is 14.8 Å². The molecule has 3 rings (SSSR count). The summed E-state index contributed by atoms with van der Waals surface area (Å²) in [4.78, 5) is 0.132. The highest BCUT2D eigenvalue weighted by atomic mass is 32.2. The minimum absolute atomic E-state index is 0.132.